The number of β-amino-alcohol motifs (C(OH)–C–C–N with tert-alkyl or cyclic N) is 1. The van der Waals surface area contributed by atoms with Crippen LogP contribution in [0.25, 0.3) is 0 Å². The average Bonchev–Trinajstić information content (AvgIpc) is 2.34. The third-order valence-corrected chi connectivity index (χ3v) is 5.28. The Morgan fingerprint density at radius 2 is 1.78 bits per heavy atom. The minimum atomic E-state index is -0.657. The lowest BCUT2D eigenvalue weighted by Crippen LogP contribution is -2.52. The number of aliphatic hydroxyl groups is 1. The first-order valence-electron chi connectivity index (χ1n) is 9.27. The first-order valence-corrected chi connectivity index (χ1v) is 9.27. The number of carbonyl (C=O) groups excluding carboxylic acids is 1. The molecule has 1 saturated carbocycles. The average molecular weight is 325 g/mol. The number of hydrogen-bond donors (Lipinski definition) is 1. The Kier molecular flexibility index (Phi) is 5.78. The fourth-order valence-electron chi connectivity index (χ4n) is 4.78. The maximum Gasteiger partial charge on any atom is 0.222 e. The van der Waals surface area contributed by atoms with E-state index >= 15 is 0 Å². The van der Waals surface area contributed by atoms with Crippen LogP contribution in [0.1, 0.15) is 60.3 Å². The Morgan fingerprint density at radius 3 is 2.30 bits per heavy atom. The van der Waals surface area contributed by atoms with Gasteiger partial charge in [0.05, 0.1) is 5.60 Å². The van der Waals surface area contributed by atoms with Gasteiger partial charge in [-0.2, -0.15) is 0 Å². The fourth-order valence-corrected chi connectivity index (χ4v) is 4.78. The zero-order valence-electron chi connectivity index (χ0n) is 15.8. The number of amides is 1. The summed E-state index contributed by atoms with van der Waals surface area (Å²) in [6.45, 7) is 14.8. The predicted octanol–water partition coefficient (Wildman–Crippen LogP) is 2.75. The molecular formula is C19H36N2O2. The van der Waals surface area contributed by atoms with Crippen LogP contribution in [-0.2, 0) is 4.79 Å². The van der Waals surface area contributed by atoms with Gasteiger partial charge in [0.15, 0.2) is 0 Å². The molecule has 0 radical (unpaired) electrons. The second kappa shape index (κ2) is 7.10. The van der Waals surface area contributed by atoms with Crippen LogP contribution in [0.3, 0.4) is 0 Å². The van der Waals surface area contributed by atoms with E-state index < -0.39 is 5.60 Å². The van der Waals surface area contributed by atoms with Crippen LogP contribution >= 0.6 is 0 Å². The van der Waals surface area contributed by atoms with Gasteiger partial charge in [0.25, 0.3) is 0 Å². The van der Waals surface area contributed by atoms with Crippen molar-refractivity contribution in [1.82, 2.24) is 9.80 Å². The zero-order valence-corrected chi connectivity index (χ0v) is 15.8. The zero-order chi connectivity index (χ0) is 17.3. The molecular weight excluding hydrogens is 288 g/mol. The molecule has 4 nitrogen and oxygen atoms in total. The summed E-state index contributed by atoms with van der Waals surface area (Å²) in [6, 6.07) is 0. The molecule has 2 rings (SSSR count). The molecule has 2 aliphatic rings. The fraction of sp³-hybridized carbons (Fsp3) is 0.947. The minimum Gasteiger partial charge on any atom is -0.389 e. The second-order valence-corrected chi connectivity index (χ2v) is 9.45. The number of rotatable bonds is 4. The van der Waals surface area contributed by atoms with Gasteiger partial charge in [0.1, 0.15) is 0 Å². The molecule has 1 aliphatic heterocycles. The first-order chi connectivity index (χ1) is 10.5. The molecule has 2 fully saturated rings. The van der Waals surface area contributed by atoms with Crippen molar-refractivity contribution in [2.45, 2.75) is 65.9 Å². The van der Waals surface area contributed by atoms with Gasteiger partial charge in [0.2, 0.25) is 5.91 Å². The van der Waals surface area contributed by atoms with Crippen molar-refractivity contribution >= 4 is 5.91 Å². The van der Waals surface area contributed by atoms with E-state index in [1.165, 1.54) is 19.3 Å². The lowest BCUT2D eigenvalue weighted by molar-refractivity contribution is -0.135. The molecule has 1 N–H and O–H groups in total. The van der Waals surface area contributed by atoms with Crippen LogP contribution in [0.5, 0.6) is 0 Å². The quantitative estimate of drug-likeness (QED) is 0.865. The highest BCUT2D eigenvalue weighted by atomic mass is 16.3. The number of carbonyl (C=O) groups is 1. The number of nitrogens with zero attached hydrogens (tertiary/aromatic N) is 2. The molecule has 1 amide bonds. The van der Waals surface area contributed by atoms with Crippen molar-refractivity contribution in [2.75, 3.05) is 32.7 Å². The Balaban J connectivity index is 1.79. The molecule has 0 aromatic carbocycles. The molecule has 0 aromatic rings. The summed E-state index contributed by atoms with van der Waals surface area (Å²) in [5.74, 6) is 1.62. The van der Waals surface area contributed by atoms with Gasteiger partial charge >= 0.3 is 0 Å². The van der Waals surface area contributed by atoms with Crippen molar-refractivity contribution in [1.29, 1.82) is 0 Å². The Hall–Kier alpha value is -0.610. The van der Waals surface area contributed by atoms with E-state index in [9.17, 15) is 9.90 Å². The minimum absolute atomic E-state index is 0.336. The summed E-state index contributed by atoms with van der Waals surface area (Å²) in [6.07, 6.45) is 4.39. The number of piperazine rings is 1. The van der Waals surface area contributed by atoms with E-state index in [4.69, 9.17) is 0 Å². The van der Waals surface area contributed by atoms with Crippen molar-refractivity contribution in [3.8, 4) is 0 Å². The molecule has 23 heavy (non-hydrogen) atoms. The van der Waals surface area contributed by atoms with Crippen LogP contribution in [0.15, 0.2) is 0 Å². The smallest absolute Gasteiger partial charge is 0.222 e. The van der Waals surface area contributed by atoms with E-state index in [1.807, 2.05) is 18.7 Å². The summed E-state index contributed by atoms with van der Waals surface area (Å²) in [4.78, 5) is 16.9. The molecule has 1 heterocycles. The number of hydrogen-bond acceptors (Lipinski definition) is 3. The standard InChI is InChI=1S/C19H36N2O2/c1-15-10-16(13-18(2,3)12-15)11-17(22)21-8-6-20(7-9-21)14-19(4,5)23/h15-16,23H,6-14H2,1-5H3/t15-,16-/m0/s1. The SMILES string of the molecule is C[C@H]1C[C@@H](CC(=O)N2CCN(CC(C)(C)O)CC2)CC(C)(C)C1. The van der Waals surface area contributed by atoms with Crippen LogP contribution in [0.4, 0.5) is 0 Å². The molecule has 1 saturated heterocycles. The van der Waals surface area contributed by atoms with E-state index in [1.54, 1.807) is 0 Å². The molecule has 4 heteroatoms. The van der Waals surface area contributed by atoms with Gasteiger partial charge in [-0.25, -0.2) is 0 Å². The maximum atomic E-state index is 12.6. The molecule has 0 bridgehead atoms. The lowest BCUT2D eigenvalue weighted by atomic mass is 9.67. The van der Waals surface area contributed by atoms with Crippen LogP contribution in [0, 0.1) is 17.3 Å². The normalized spacial score (nSPS) is 29.6. The first kappa shape index (κ1) is 18.7. The molecule has 0 unspecified atom stereocenters. The summed E-state index contributed by atoms with van der Waals surface area (Å²) < 4.78 is 0. The lowest BCUT2D eigenvalue weighted by Gasteiger charge is -2.41. The Morgan fingerprint density at radius 1 is 1.17 bits per heavy atom. The van der Waals surface area contributed by atoms with E-state index in [0.29, 0.717) is 23.8 Å². The van der Waals surface area contributed by atoms with E-state index in [2.05, 4.69) is 25.7 Å². The van der Waals surface area contributed by atoms with E-state index in [-0.39, 0.29) is 0 Å². The third kappa shape index (κ3) is 6.07. The van der Waals surface area contributed by atoms with Gasteiger partial charge in [-0.05, 0) is 50.4 Å². The van der Waals surface area contributed by atoms with Gasteiger partial charge in [-0.3, -0.25) is 9.69 Å². The second-order valence-electron chi connectivity index (χ2n) is 9.45. The van der Waals surface area contributed by atoms with Crippen LogP contribution in [0.2, 0.25) is 0 Å². The maximum absolute atomic E-state index is 12.6. The van der Waals surface area contributed by atoms with Crippen molar-refractivity contribution in [2.24, 2.45) is 17.3 Å². The molecule has 0 spiro atoms. The highest BCUT2D eigenvalue weighted by Gasteiger charge is 2.34. The van der Waals surface area contributed by atoms with Crippen molar-refractivity contribution < 1.29 is 9.90 Å². The van der Waals surface area contributed by atoms with Gasteiger partial charge < -0.3 is 10.0 Å². The topological polar surface area (TPSA) is 43.8 Å². The summed E-state index contributed by atoms with van der Waals surface area (Å²) in [7, 11) is 0. The largest absolute Gasteiger partial charge is 0.389 e. The summed E-state index contributed by atoms with van der Waals surface area (Å²) >= 11 is 0. The van der Waals surface area contributed by atoms with Gasteiger partial charge in [0, 0.05) is 39.1 Å². The molecule has 0 aromatic heterocycles. The molecule has 134 valence electrons. The van der Waals surface area contributed by atoms with Gasteiger partial charge in [-0.1, -0.05) is 20.8 Å². The third-order valence-electron chi connectivity index (χ3n) is 5.28. The van der Waals surface area contributed by atoms with E-state index in [0.717, 1.165) is 38.5 Å². The summed E-state index contributed by atoms with van der Waals surface area (Å²) in [5.41, 5.74) is -0.274. The summed E-state index contributed by atoms with van der Waals surface area (Å²) in [5, 5.41) is 9.91. The molecule has 1 aliphatic carbocycles. The Bertz CT molecular complexity index is 406. The highest BCUT2D eigenvalue weighted by Crippen LogP contribution is 2.42. The Labute approximate surface area is 142 Å². The van der Waals surface area contributed by atoms with Crippen LogP contribution < -0.4 is 0 Å². The monoisotopic (exact) mass is 324 g/mol. The molecule has 2 atom stereocenters. The van der Waals surface area contributed by atoms with Gasteiger partial charge in [-0.15, -0.1) is 0 Å². The highest BCUT2D eigenvalue weighted by molar-refractivity contribution is 5.76. The van der Waals surface area contributed by atoms with Crippen molar-refractivity contribution in [3.63, 3.8) is 0 Å². The van der Waals surface area contributed by atoms with Crippen LogP contribution in [-0.4, -0.2) is 59.1 Å². The predicted molar refractivity (Wildman–Crippen MR) is 94.2 cm³/mol. The van der Waals surface area contributed by atoms with Crippen molar-refractivity contribution in [3.05, 3.63) is 0 Å².